The first-order valence-electron chi connectivity index (χ1n) is 12.4. The van der Waals surface area contributed by atoms with Crippen molar-refractivity contribution in [1.82, 2.24) is 15.0 Å². The van der Waals surface area contributed by atoms with Crippen molar-refractivity contribution in [1.29, 1.82) is 0 Å². The van der Waals surface area contributed by atoms with Crippen molar-refractivity contribution in [2.24, 2.45) is 0 Å². The Kier molecular flexibility index (Phi) is 7.90. The molecule has 0 aromatic carbocycles. The van der Waals surface area contributed by atoms with Crippen LogP contribution in [0.15, 0.2) is 41.6 Å². The molecule has 1 aliphatic rings. The first-order chi connectivity index (χ1) is 18.6. The van der Waals surface area contributed by atoms with Crippen molar-refractivity contribution in [3.63, 3.8) is 0 Å². The number of nitrogens with one attached hydrogen (secondary N) is 2. The van der Waals surface area contributed by atoms with E-state index in [-0.39, 0.29) is 34.9 Å². The molecule has 1 aliphatic heterocycles. The van der Waals surface area contributed by atoms with Crippen LogP contribution < -0.4 is 24.8 Å². The summed E-state index contributed by atoms with van der Waals surface area (Å²) in [5.41, 5.74) is 0.402. The molecular formula is C27H33N5O7S. The lowest BCUT2D eigenvalue weighted by Crippen LogP contribution is -2.39. The predicted molar refractivity (Wildman–Crippen MR) is 149 cm³/mol. The summed E-state index contributed by atoms with van der Waals surface area (Å²) in [6, 6.07) is 8.04. The summed E-state index contributed by atoms with van der Waals surface area (Å²) in [5.74, 6) is 1.29. The van der Waals surface area contributed by atoms with E-state index in [1.807, 2.05) is 27.7 Å². The number of rotatable bonds is 9. The van der Waals surface area contributed by atoms with Crippen LogP contribution in [0.3, 0.4) is 0 Å². The normalized spacial score (nSPS) is 14.4. The van der Waals surface area contributed by atoms with Gasteiger partial charge in [0.25, 0.3) is 5.88 Å². The lowest BCUT2D eigenvalue weighted by Gasteiger charge is -2.31. The number of sulfone groups is 1. The number of nitrogens with zero attached hydrogens (tertiary/aromatic N) is 3. The molecule has 13 heteroatoms. The van der Waals surface area contributed by atoms with Crippen LogP contribution >= 0.6 is 0 Å². The van der Waals surface area contributed by atoms with E-state index in [1.54, 1.807) is 31.4 Å². The smallest absolute Gasteiger partial charge is 0.257 e. The van der Waals surface area contributed by atoms with Gasteiger partial charge in [-0.15, -0.1) is 0 Å². The number of aromatic nitrogens is 3. The second kappa shape index (κ2) is 10.9. The summed E-state index contributed by atoms with van der Waals surface area (Å²) in [6.07, 6.45) is 2.60. The van der Waals surface area contributed by atoms with Gasteiger partial charge in [0.1, 0.15) is 36.2 Å². The highest BCUT2D eigenvalue weighted by Gasteiger charge is 2.29. The van der Waals surface area contributed by atoms with E-state index in [9.17, 15) is 13.2 Å². The van der Waals surface area contributed by atoms with Crippen LogP contribution in [0.4, 0.5) is 17.3 Å². The molecule has 12 nitrogen and oxygen atoms in total. The molecule has 3 aromatic rings. The molecule has 0 unspecified atom stereocenters. The van der Waals surface area contributed by atoms with Gasteiger partial charge < -0.3 is 29.6 Å². The highest BCUT2D eigenvalue weighted by molar-refractivity contribution is 7.90. The van der Waals surface area contributed by atoms with E-state index >= 15 is 0 Å². The van der Waals surface area contributed by atoms with E-state index in [0.717, 1.165) is 6.26 Å². The van der Waals surface area contributed by atoms with Gasteiger partial charge in [-0.3, -0.25) is 4.79 Å². The Hall–Kier alpha value is -3.97. The first kappa shape index (κ1) is 29.0. The second-order valence-corrected chi connectivity index (χ2v) is 12.6. The number of fused-ring (bicyclic) bond motifs is 1. The fourth-order valence-electron chi connectivity index (χ4n) is 3.61. The molecule has 0 saturated heterocycles. The molecule has 0 bridgehead atoms. The van der Waals surface area contributed by atoms with Gasteiger partial charge in [-0.2, -0.15) is 0 Å². The summed E-state index contributed by atoms with van der Waals surface area (Å²) >= 11 is 0. The average Bonchev–Trinajstić information content (AvgIpc) is 2.86. The Morgan fingerprint density at radius 1 is 1.15 bits per heavy atom. The van der Waals surface area contributed by atoms with Gasteiger partial charge in [0, 0.05) is 50.2 Å². The molecule has 0 radical (unpaired) electrons. The van der Waals surface area contributed by atoms with Gasteiger partial charge >= 0.3 is 0 Å². The number of amides is 1. The van der Waals surface area contributed by atoms with Gasteiger partial charge in [-0.1, -0.05) is 0 Å². The summed E-state index contributed by atoms with van der Waals surface area (Å²) in [6.45, 7) is 9.39. The number of ether oxygens (including phenoxy) is 4. The second-order valence-electron chi connectivity index (χ2n) is 10.6. The van der Waals surface area contributed by atoms with Crippen molar-refractivity contribution in [2.45, 2.75) is 50.8 Å². The highest BCUT2D eigenvalue weighted by Crippen LogP contribution is 2.38. The van der Waals surface area contributed by atoms with Crippen molar-refractivity contribution in [2.75, 3.05) is 37.2 Å². The molecule has 40 heavy (non-hydrogen) atoms. The molecule has 2 N–H and O–H groups in total. The summed E-state index contributed by atoms with van der Waals surface area (Å²) < 4.78 is 47.9. The van der Waals surface area contributed by atoms with E-state index in [0.29, 0.717) is 35.2 Å². The fraction of sp³-hybridized carbons (Fsp3) is 0.407. The molecule has 1 amide bonds. The maximum Gasteiger partial charge on any atom is 0.257 e. The van der Waals surface area contributed by atoms with Crippen LogP contribution in [0, 0.1) is 0 Å². The third-order valence-corrected chi connectivity index (χ3v) is 6.78. The molecular weight excluding hydrogens is 538 g/mol. The first-order valence-corrected chi connectivity index (χ1v) is 14.3. The van der Waals surface area contributed by atoms with Crippen LogP contribution in [0.5, 0.6) is 17.4 Å². The molecule has 0 aliphatic carbocycles. The summed E-state index contributed by atoms with van der Waals surface area (Å²) in [7, 11) is -2.12. The molecule has 4 heterocycles. The van der Waals surface area contributed by atoms with Crippen LogP contribution in [-0.4, -0.2) is 67.1 Å². The molecule has 0 saturated carbocycles. The maximum absolute atomic E-state index is 12.4. The van der Waals surface area contributed by atoms with E-state index < -0.39 is 21.0 Å². The van der Waals surface area contributed by atoms with Crippen molar-refractivity contribution in [3.05, 3.63) is 36.5 Å². The SMILES string of the molecule is COC(C)(C)COc1cc(Nc2cc(NC(C)=O)ncc2-c2ccc3c(n2)OCC(C)(C)O3)nc(S(C)(=O)=O)c1. The number of methoxy groups -OCH3 is 1. The Morgan fingerprint density at radius 2 is 1.90 bits per heavy atom. The number of pyridine rings is 3. The Bertz CT molecular complexity index is 1540. The summed E-state index contributed by atoms with van der Waals surface area (Å²) in [4.78, 5) is 24.9. The third-order valence-electron chi connectivity index (χ3n) is 5.81. The van der Waals surface area contributed by atoms with Crippen molar-refractivity contribution < 1.29 is 32.2 Å². The highest BCUT2D eigenvalue weighted by atomic mass is 32.2. The van der Waals surface area contributed by atoms with Crippen LogP contribution in [0.1, 0.15) is 34.6 Å². The lowest BCUT2D eigenvalue weighted by molar-refractivity contribution is -0.114. The number of anilines is 3. The number of hydrogen-bond donors (Lipinski definition) is 2. The Labute approximate surface area is 233 Å². The predicted octanol–water partition coefficient (Wildman–Crippen LogP) is 4.00. The fourth-order valence-corrected chi connectivity index (χ4v) is 4.21. The van der Waals surface area contributed by atoms with E-state index in [4.69, 9.17) is 18.9 Å². The summed E-state index contributed by atoms with van der Waals surface area (Å²) in [5, 5.41) is 5.62. The quantitative estimate of drug-likeness (QED) is 0.383. The van der Waals surface area contributed by atoms with Crippen LogP contribution in [0.25, 0.3) is 11.3 Å². The molecule has 0 atom stereocenters. The van der Waals surface area contributed by atoms with Gasteiger partial charge in [-0.05, 0) is 39.8 Å². The number of carbonyl (C=O) groups excluding carboxylic acids is 1. The van der Waals surface area contributed by atoms with E-state index in [2.05, 4.69) is 25.6 Å². The third kappa shape index (κ3) is 7.16. The Morgan fingerprint density at radius 3 is 2.58 bits per heavy atom. The molecule has 0 spiro atoms. The van der Waals surface area contributed by atoms with Crippen molar-refractivity contribution in [3.8, 4) is 28.6 Å². The zero-order chi connectivity index (χ0) is 29.3. The minimum atomic E-state index is -3.68. The van der Waals surface area contributed by atoms with Gasteiger partial charge in [-0.25, -0.2) is 23.4 Å². The van der Waals surface area contributed by atoms with Gasteiger partial charge in [0.2, 0.25) is 5.91 Å². The minimum absolute atomic E-state index is 0.168. The number of carbonyl (C=O) groups is 1. The van der Waals surface area contributed by atoms with Gasteiger partial charge in [0.15, 0.2) is 20.6 Å². The zero-order valence-electron chi connectivity index (χ0n) is 23.5. The molecule has 0 fully saturated rings. The molecule has 214 valence electrons. The minimum Gasteiger partial charge on any atom is -0.490 e. The van der Waals surface area contributed by atoms with E-state index in [1.165, 1.54) is 19.2 Å². The van der Waals surface area contributed by atoms with Gasteiger partial charge in [0.05, 0.1) is 17.0 Å². The van der Waals surface area contributed by atoms with Crippen LogP contribution in [0.2, 0.25) is 0 Å². The zero-order valence-corrected chi connectivity index (χ0v) is 24.3. The van der Waals surface area contributed by atoms with Crippen LogP contribution in [-0.2, 0) is 19.4 Å². The maximum atomic E-state index is 12.4. The molecule has 4 rings (SSSR count). The standard InChI is InChI=1S/C27H33N5O7S/c1-16(33)29-22-12-20(18(13-28-22)19-8-9-21-25(31-19)38-15-27(4,5)39-21)30-23-10-17(37-14-26(2,3)36-6)11-24(32-23)40(7,34)35/h8-13H,14-15H2,1-7H3,(H2,28,29,30,32,33). The molecule has 3 aromatic heterocycles. The van der Waals surface area contributed by atoms with Crippen molar-refractivity contribution >= 4 is 33.1 Å². The lowest BCUT2D eigenvalue weighted by atomic mass is 10.1. The topological polar surface area (TPSA) is 151 Å². The Balaban J connectivity index is 1.76. The largest absolute Gasteiger partial charge is 0.490 e. The number of hydrogen-bond acceptors (Lipinski definition) is 11. The monoisotopic (exact) mass is 571 g/mol. The average molecular weight is 572 g/mol.